The molecule has 0 radical (unpaired) electrons. The summed E-state index contributed by atoms with van der Waals surface area (Å²) in [6, 6.07) is 6.30. The Bertz CT molecular complexity index is 1250. The van der Waals surface area contributed by atoms with Gasteiger partial charge in [-0.3, -0.25) is 29.0 Å². The number of hydrogen-bond acceptors (Lipinski definition) is 11. The first-order chi connectivity index (χ1) is 23.2. The van der Waals surface area contributed by atoms with Crippen LogP contribution in [0.4, 0.5) is 0 Å². The van der Waals surface area contributed by atoms with Gasteiger partial charge >= 0.3 is 214 Å². The molecular weight excluding hydrogens is 827 g/mol. The van der Waals surface area contributed by atoms with Gasteiger partial charge in [0.15, 0.2) is 0 Å². The average molecular weight is 877 g/mol. The zero-order valence-corrected chi connectivity index (χ0v) is 29.7. The molecule has 0 amide bonds. The molecule has 49 heavy (non-hydrogen) atoms. The molecule has 0 spiro atoms. The summed E-state index contributed by atoms with van der Waals surface area (Å²) < 4.78 is 0.977. The summed E-state index contributed by atoms with van der Waals surface area (Å²) in [6.45, 7) is 0.235. The zero-order chi connectivity index (χ0) is 36.3. The Kier molecular flexibility index (Phi) is 19.3. The molecule has 1 fully saturated rings. The van der Waals surface area contributed by atoms with Crippen molar-refractivity contribution < 1.29 is 74.1 Å². The first-order valence-electron chi connectivity index (χ1n) is 16.1. The predicted molar refractivity (Wildman–Crippen MR) is 173 cm³/mol. The summed E-state index contributed by atoms with van der Waals surface area (Å²) >= 11 is -0.528. The number of rotatable bonds is 20. The van der Waals surface area contributed by atoms with Crippen molar-refractivity contribution in [3.8, 4) is 0 Å². The molecule has 1 saturated heterocycles. The summed E-state index contributed by atoms with van der Waals surface area (Å²) in [5, 5.41) is 47.1. The van der Waals surface area contributed by atoms with Gasteiger partial charge in [-0.05, 0) is 0 Å². The fraction of sp³-hybridized carbons (Fsp3) is 0.625. The van der Waals surface area contributed by atoms with Crippen LogP contribution in [0.15, 0.2) is 24.3 Å². The molecule has 1 aromatic rings. The summed E-state index contributed by atoms with van der Waals surface area (Å²) in [6.07, 6.45) is 3.16. The van der Waals surface area contributed by atoms with Crippen molar-refractivity contribution in [3.63, 3.8) is 0 Å². The number of carboxylic acids is 5. The second kappa shape index (κ2) is 22.5. The van der Waals surface area contributed by atoms with Crippen LogP contribution < -0.4 is 5.73 Å². The molecule has 1 aliphatic heterocycles. The van der Waals surface area contributed by atoms with E-state index in [0.29, 0.717) is 32.1 Å². The van der Waals surface area contributed by atoms with E-state index in [-0.39, 0.29) is 76.0 Å². The van der Waals surface area contributed by atoms with Crippen LogP contribution in [-0.2, 0) is 61.4 Å². The van der Waals surface area contributed by atoms with Crippen LogP contribution in [0.2, 0.25) is 4.64 Å². The predicted octanol–water partition coefficient (Wildman–Crippen LogP) is -0.300. The van der Waals surface area contributed by atoms with E-state index in [4.69, 9.17) is 10.8 Å². The third kappa shape index (κ3) is 18.4. The molecule has 1 aliphatic rings. The number of nitrogens with zero attached hydrogens (tertiary/aromatic N) is 4. The molecule has 0 saturated carbocycles. The molecule has 1 heterocycles. The van der Waals surface area contributed by atoms with Gasteiger partial charge in [0.05, 0.1) is 13.1 Å². The number of aliphatic carboxylic acids is 5. The topological polar surface area (TPSA) is 243 Å². The molecule has 0 aliphatic carbocycles. The number of unbranched alkanes of at least 4 members (excludes halogenated alkanes) is 1. The van der Waals surface area contributed by atoms with Gasteiger partial charge in [0, 0.05) is 19.6 Å². The van der Waals surface area contributed by atoms with Crippen molar-refractivity contribution in [2.24, 2.45) is 5.73 Å². The van der Waals surface area contributed by atoms with Gasteiger partial charge in [-0.25, -0.2) is 0 Å². The zero-order valence-electron chi connectivity index (χ0n) is 27.5. The maximum absolute atomic E-state index is 12.5. The van der Waals surface area contributed by atoms with Gasteiger partial charge in [0.1, 0.15) is 0 Å². The molecule has 16 nitrogen and oxygen atoms in total. The standard InChI is InChI=1S/C26H37N4O9.C6H12NO2.Au/c31-13-1-2-20-3-5-21(6-4-20)14-22-15-29(18-25(36)37)10-9-27(16-23(32)33)7-8-28(17-24(34)35)11-12-30(22)19-26(38)39;1-2-3-4-5(7)6(8)9;/h3-6,22H,1-2,7-12,14-19H2,(H,32,33)(H,34,35)(H,36,37)(H,38,39);5H,1-4,7H2,(H,8,9);/t;5-;/m.0./s1. The molecule has 0 aromatic heterocycles. The molecule has 1 aromatic carbocycles. The third-order valence-electron chi connectivity index (χ3n) is 8.04. The number of aryl methyl sites for hydroxylation is 1. The van der Waals surface area contributed by atoms with Crippen molar-refractivity contribution >= 4 is 33.8 Å². The quantitative estimate of drug-likeness (QED) is 0.0728. The van der Waals surface area contributed by atoms with Gasteiger partial charge in [0.25, 0.3) is 0 Å². The fourth-order valence-corrected chi connectivity index (χ4v) is 7.64. The van der Waals surface area contributed by atoms with E-state index in [1.807, 2.05) is 24.3 Å². The second-order valence-corrected chi connectivity index (χ2v) is 15.1. The van der Waals surface area contributed by atoms with Crippen LogP contribution in [0.3, 0.4) is 0 Å². The van der Waals surface area contributed by atoms with Gasteiger partial charge < -0.3 is 20.4 Å². The molecule has 2 atom stereocenters. The van der Waals surface area contributed by atoms with Crippen LogP contribution in [0, 0.1) is 0 Å². The summed E-state index contributed by atoms with van der Waals surface area (Å²) in [5.41, 5.74) is 7.35. The molecule has 279 valence electrons. The number of hydrogen-bond donors (Lipinski definition) is 6. The van der Waals surface area contributed by atoms with Gasteiger partial charge in [-0.2, -0.15) is 0 Å². The van der Waals surface area contributed by atoms with Crippen molar-refractivity contribution in [1.29, 1.82) is 0 Å². The van der Waals surface area contributed by atoms with Crippen molar-refractivity contribution in [1.82, 2.24) is 19.6 Å². The van der Waals surface area contributed by atoms with Crippen LogP contribution >= 0.6 is 0 Å². The molecule has 7 N–H and O–H groups in total. The Balaban J connectivity index is 2.15. The molecule has 0 bridgehead atoms. The van der Waals surface area contributed by atoms with E-state index in [1.54, 1.807) is 19.6 Å². The Hall–Kier alpha value is -3.22. The molecule has 17 heteroatoms. The minimum atomic E-state index is -1.08. The fourth-order valence-electron chi connectivity index (χ4n) is 5.46. The van der Waals surface area contributed by atoms with Crippen LogP contribution in [0.1, 0.15) is 36.8 Å². The number of nitrogens with two attached hydrogens (primary N) is 1. The van der Waals surface area contributed by atoms with Crippen LogP contribution in [0.25, 0.3) is 0 Å². The maximum atomic E-state index is 12.5. The normalized spacial score (nSPS) is 18.3. The summed E-state index contributed by atoms with van der Waals surface area (Å²) in [4.78, 5) is 76.8. The number of benzene rings is 1. The second-order valence-electron chi connectivity index (χ2n) is 12.0. The average Bonchev–Trinajstić information content (AvgIpc) is 3.01. The Morgan fingerprint density at radius 2 is 1.18 bits per heavy atom. The van der Waals surface area contributed by atoms with E-state index in [1.165, 1.54) is 0 Å². The van der Waals surface area contributed by atoms with Gasteiger partial charge in [0.2, 0.25) is 0 Å². The van der Waals surface area contributed by atoms with E-state index in [2.05, 4.69) is 0 Å². The Morgan fingerprint density at radius 1 is 0.694 bits per heavy atom. The number of carbonyl (C=O) groups is 6. The van der Waals surface area contributed by atoms with Gasteiger partial charge in [-0.1, -0.05) is 0 Å². The van der Waals surface area contributed by atoms with E-state index in [0.717, 1.165) is 22.2 Å². The van der Waals surface area contributed by atoms with E-state index < -0.39 is 61.7 Å². The summed E-state index contributed by atoms with van der Waals surface area (Å²) in [7, 11) is 0. The molecular formula is C32H49AuN5O11. The molecule has 2 rings (SSSR count). The van der Waals surface area contributed by atoms with Gasteiger partial charge in [-0.15, -0.1) is 0 Å². The number of carbonyl (C=O) groups excluding carboxylic acids is 1. The third-order valence-corrected chi connectivity index (χ3v) is 10.7. The monoisotopic (exact) mass is 876 g/mol. The number of carboxylic acid groups (broad SMARTS) is 5. The van der Waals surface area contributed by atoms with Crippen molar-refractivity contribution in [2.75, 3.05) is 72.0 Å². The van der Waals surface area contributed by atoms with E-state index in [9.17, 15) is 49.2 Å². The first-order valence-corrected chi connectivity index (χ1v) is 18.7. The van der Waals surface area contributed by atoms with E-state index >= 15 is 0 Å². The summed E-state index contributed by atoms with van der Waals surface area (Å²) in [5.74, 6) is -5.29. The minimum absolute atomic E-state index is 0.182. The van der Waals surface area contributed by atoms with Crippen molar-refractivity contribution in [3.05, 3.63) is 35.4 Å². The van der Waals surface area contributed by atoms with Crippen LogP contribution in [0.5, 0.6) is 0 Å². The SMILES string of the molecule is N[C@@H](CCC[CH2][Au][C](=O)CCc1ccc(CC2CN(CC(=O)O)CCN(CC(=O)O)CCN(CC(=O)O)CCN2CC(=O)O)cc1)C(=O)O. The Labute approximate surface area is 295 Å². The van der Waals surface area contributed by atoms with Crippen LogP contribution in [-0.4, -0.2) is 163 Å². The van der Waals surface area contributed by atoms with Crippen molar-refractivity contribution in [2.45, 2.75) is 55.2 Å². The Morgan fingerprint density at radius 3 is 1.71 bits per heavy atom. The molecule has 1 unspecified atom stereocenters. The first kappa shape index (κ1) is 41.9.